The van der Waals surface area contributed by atoms with Crippen molar-refractivity contribution in [1.82, 2.24) is 5.32 Å². The van der Waals surface area contributed by atoms with E-state index in [9.17, 15) is 19.8 Å². The number of carbonyl (C=O) groups excluding carboxylic acids is 2. The van der Waals surface area contributed by atoms with Gasteiger partial charge in [-0.05, 0) is 57.8 Å². The quantitative estimate of drug-likeness (QED) is 0.0320. The number of rotatable bonds is 60. The highest BCUT2D eigenvalue weighted by atomic mass is 16.5. The molecule has 0 spiro atoms. The highest BCUT2D eigenvalue weighted by molar-refractivity contribution is 5.76. The van der Waals surface area contributed by atoms with Crippen LogP contribution in [0.25, 0.3) is 0 Å². The van der Waals surface area contributed by atoms with Crippen LogP contribution >= 0.6 is 0 Å². The standard InChI is InChI=1S/C65H125NO5/c1-3-5-7-9-11-13-15-17-31-35-39-43-47-51-55-59-65(70)71-60-56-52-48-44-40-36-33-30-28-26-24-22-20-18-19-21-23-25-27-29-32-34-38-42-46-50-54-58-64(69)66-62(61-67)63(68)57-53-49-45-41-37-16-14-12-10-8-6-4-2/h17,31,53,57,62-63,67-68H,3-16,18-30,32-52,54-56,58-61H2,1-2H3,(H,66,69)/b31-17-,57-53+. The number of hydrogen-bond donors (Lipinski definition) is 3. The molecule has 0 aliphatic carbocycles. The van der Waals surface area contributed by atoms with Crippen LogP contribution in [0.4, 0.5) is 0 Å². The summed E-state index contributed by atoms with van der Waals surface area (Å²) < 4.78 is 5.49. The molecule has 0 heterocycles. The van der Waals surface area contributed by atoms with Gasteiger partial charge < -0.3 is 20.3 Å². The minimum Gasteiger partial charge on any atom is -0.466 e. The average Bonchev–Trinajstić information content (AvgIpc) is 3.37. The van der Waals surface area contributed by atoms with Gasteiger partial charge >= 0.3 is 5.97 Å². The lowest BCUT2D eigenvalue weighted by Gasteiger charge is -2.20. The van der Waals surface area contributed by atoms with Gasteiger partial charge in [0.2, 0.25) is 5.91 Å². The van der Waals surface area contributed by atoms with Crippen LogP contribution in [0.3, 0.4) is 0 Å². The van der Waals surface area contributed by atoms with Crippen molar-refractivity contribution >= 4 is 11.9 Å². The second-order valence-corrected chi connectivity index (χ2v) is 22.1. The van der Waals surface area contributed by atoms with E-state index in [2.05, 4.69) is 31.3 Å². The fourth-order valence-corrected chi connectivity index (χ4v) is 10.0. The Morgan fingerprint density at radius 2 is 0.662 bits per heavy atom. The first kappa shape index (κ1) is 69.3. The van der Waals surface area contributed by atoms with Crippen molar-refractivity contribution in [2.45, 2.75) is 366 Å². The molecule has 2 unspecified atom stereocenters. The molecular weight excluding hydrogens is 875 g/mol. The molecule has 71 heavy (non-hydrogen) atoms. The molecule has 3 N–H and O–H groups in total. The lowest BCUT2D eigenvalue weighted by atomic mass is 10.0. The van der Waals surface area contributed by atoms with E-state index in [4.69, 9.17) is 4.74 Å². The van der Waals surface area contributed by atoms with Gasteiger partial charge in [0.05, 0.1) is 25.4 Å². The average molecular weight is 1000 g/mol. The van der Waals surface area contributed by atoms with Gasteiger partial charge in [-0.2, -0.15) is 0 Å². The van der Waals surface area contributed by atoms with E-state index < -0.39 is 12.1 Å². The molecule has 0 aliphatic rings. The highest BCUT2D eigenvalue weighted by Crippen LogP contribution is 2.18. The summed E-state index contributed by atoms with van der Waals surface area (Å²) in [5, 5.41) is 23.1. The Morgan fingerprint density at radius 3 is 1.00 bits per heavy atom. The van der Waals surface area contributed by atoms with Crippen LogP contribution in [0, 0.1) is 0 Å². The van der Waals surface area contributed by atoms with E-state index in [1.807, 2.05) is 6.08 Å². The highest BCUT2D eigenvalue weighted by Gasteiger charge is 2.18. The van der Waals surface area contributed by atoms with Crippen LogP contribution in [0.2, 0.25) is 0 Å². The smallest absolute Gasteiger partial charge is 0.305 e. The summed E-state index contributed by atoms with van der Waals surface area (Å²) in [4.78, 5) is 24.5. The molecule has 0 rings (SSSR count). The number of ether oxygens (including phenoxy) is 1. The molecule has 0 aromatic carbocycles. The molecule has 1 amide bonds. The fourth-order valence-electron chi connectivity index (χ4n) is 10.0. The lowest BCUT2D eigenvalue weighted by molar-refractivity contribution is -0.143. The maximum atomic E-state index is 12.4. The molecule has 6 heteroatoms. The summed E-state index contributed by atoms with van der Waals surface area (Å²) in [5.41, 5.74) is 0. The van der Waals surface area contributed by atoms with E-state index in [0.717, 1.165) is 44.9 Å². The SMILES string of the molecule is CCCCCCCC/C=C\CCCCCCCC(=O)OCCCCCCCCCCCCCCCCCCCCCCCCCCCCCC(=O)NC(CO)C(O)/C=C/CCCCCCCCCCCC. The van der Waals surface area contributed by atoms with Crippen molar-refractivity contribution < 1.29 is 24.5 Å². The van der Waals surface area contributed by atoms with Crippen LogP contribution in [-0.2, 0) is 14.3 Å². The van der Waals surface area contributed by atoms with Crippen LogP contribution in [0.1, 0.15) is 354 Å². The van der Waals surface area contributed by atoms with Gasteiger partial charge in [0.1, 0.15) is 0 Å². The molecule has 0 aromatic heterocycles. The predicted octanol–water partition coefficient (Wildman–Crippen LogP) is 20.2. The Labute approximate surface area is 443 Å². The van der Waals surface area contributed by atoms with E-state index in [1.54, 1.807) is 6.08 Å². The van der Waals surface area contributed by atoms with Gasteiger partial charge in [0, 0.05) is 12.8 Å². The summed E-state index contributed by atoms with van der Waals surface area (Å²) in [5.74, 6) is -0.0548. The Kier molecular flexibility index (Phi) is 59.5. The van der Waals surface area contributed by atoms with E-state index in [0.29, 0.717) is 19.4 Å². The number of nitrogens with one attached hydrogen (secondary N) is 1. The van der Waals surface area contributed by atoms with Crippen molar-refractivity contribution in [1.29, 1.82) is 0 Å². The first-order valence-electron chi connectivity index (χ1n) is 32.1. The summed E-state index contributed by atoms with van der Waals surface area (Å²) in [6.45, 7) is 4.91. The molecule has 0 saturated heterocycles. The van der Waals surface area contributed by atoms with Gasteiger partial charge in [-0.15, -0.1) is 0 Å². The Bertz CT molecular complexity index is 1110. The van der Waals surface area contributed by atoms with Crippen LogP contribution in [0.5, 0.6) is 0 Å². The monoisotopic (exact) mass is 1000 g/mol. The van der Waals surface area contributed by atoms with Crippen LogP contribution in [-0.4, -0.2) is 47.4 Å². The summed E-state index contributed by atoms with van der Waals surface area (Å²) in [6, 6.07) is -0.624. The van der Waals surface area contributed by atoms with E-state index in [-0.39, 0.29) is 18.5 Å². The zero-order valence-corrected chi connectivity index (χ0v) is 48.0. The van der Waals surface area contributed by atoms with Crippen LogP contribution < -0.4 is 5.32 Å². The van der Waals surface area contributed by atoms with Crippen molar-refractivity contribution in [2.75, 3.05) is 13.2 Å². The van der Waals surface area contributed by atoms with Crippen molar-refractivity contribution in [2.24, 2.45) is 0 Å². The molecule has 6 nitrogen and oxygen atoms in total. The zero-order valence-electron chi connectivity index (χ0n) is 48.0. The molecule has 0 bridgehead atoms. The minimum atomic E-state index is -0.841. The van der Waals surface area contributed by atoms with Gasteiger partial charge in [0.25, 0.3) is 0 Å². The third-order valence-corrected chi connectivity index (χ3v) is 15.0. The first-order valence-corrected chi connectivity index (χ1v) is 32.1. The van der Waals surface area contributed by atoms with Gasteiger partial charge in [-0.1, -0.05) is 308 Å². The summed E-state index contributed by atoms with van der Waals surface area (Å²) in [6.07, 6.45) is 75.2. The zero-order chi connectivity index (χ0) is 51.4. The molecule has 0 fully saturated rings. The number of amides is 1. The van der Waals surface area contributed by atoms with Gasteiger partial charge in [-0.3, -0.25) is 9.59 Å². The van der Waals surface area contributed by atoms with E-state index >= 15 is 0 Å². The number of hydrogen-bond acceptors (Lipinski definition) is 5. The largest absolute Gasteiger partial charge is 0.466 e. The number of aliphatic hydroxyl groups is 2. The van der Waals surface area contributed by atoms with Crippen molar-refractivity contribution in [3.05, 3.63) is 24.3 Å². The van der Waals surface area contributed by atoms with Crippen molar-refractivity contribution in [3.8, 4) is 0 Å². The Morgan fingerprint density at radius 1 is 0.380 bits per heavy atom. The molecule has 420 valence electrons. The maximum absolute atomic E-state index is 12.4. The number of esters is 1. The molecule has 0 radical (unpaired) electrons. The number of carbonyl (C=O) groups is 2. The first-order chi connectivity index (χ1) is 35.0. The van der Waals surface area contributed by atoms with Crippen LogP contribution in [0.15, 0.2) is 24.3 Å². The Balaban J connectivity index is 3.34. The molecule has 0 saturated carbocycles. The normalized spacial score (nSPS) is 12.7. The summed E-state index contributed by atoms with van der Waals surface area (Å²) in [7, 11) is 0. The lowest BCUT2D eigenvalue weighted by Crippen LogP contribution is -2.45. The predicted molar refractivity (Wildman–Crippen MR) is 310 cm³/mol. The number of unbranched alkanes of at least 4 members (excludes halogenated alkanes) is 47. The number of aliphatic hydroxyl groups excluding tert-OH is 2. The minimum absolute atomic E-state index is 0.0100. The van der Waals surface area contributed by atoms with Gasteiger partial charge in [-0.25, -0.2) is 0 Å². The van der Waals surface area contributed by atoms with E-state index in [1.165, 1.54) is 283 Å². The third kappa shape index (κ3) is 57.5. The second kappa shape index (κ2) is 60.9. The second-order valence-electron chi connectivity index (χ2n) is 22.1. The van der Waals surface area contributed by atoms with Gasteiger partial charge in [0.15, 0.2) is 0 Å². The molecular formula is C65H125NO5. The number of allylic oxidation sites excluding steroid dienone is 3. The Hall–Kier alpha value is -1.66. The molecule has 2 atom stereocenters. The van der Waals surface area contributed by atoms with Crippen molar-refractivity contribution in [3.63, 3.8) is 0 Å². The molecule has 0 aliphatic heterocycles. The third-order valence-electron chi connectivity index (χ3n) is 15.0. The maximum Gasteiger partial charge on any atom is 0.305 e. The fraction of sp³-hybridized carbons (Fsp3) is 0.908. The summed E-state index contributed by atoms with van der Waals surface area (Å²) >= 11 is 0. The topological polar surface area (TPSA) is 95.9 Å². The molecule has 0 aromatic rings.